The smallest absolute Gasteiger partial charge is 0.186 e. The first-order valence-corrected chi connectivity index (χ1v) is 5.50. The highest BCUT2D eigenvalue weighted by atomic mass is 32.2. The zero-order valence-electron chi connectivity index (χ0n) is 7.51. The first-order chi connectivity index (χ1) is 6.46. The number of carboxylic acid groups (broad SMARTS) is 1. The van der Waals surface area contributed by atoms with E-state index >= 15 is 0 Å². The van der Waals surface area contributed by atoms with Crippen molar-refractivity contribution in [1.29, 1.82) is 0 Å². The number of benzene rings is 1. The second kappa shape index (κ2) is 3.79. The third kappa shape index (κ3) is 1.93. The molecule has 0 amide bonds. The largest absolute Gasteiger partial charge is 0.549 e. The molecule has 76 valence electrons. The Morgan fingerprint density at radius 1 is 1.29 bits per heavy atom. The number of sulfone groups is 1. The van der Waals surface area contributed by atoms with Crippen molar-refractivity contribution < 1.29 is 18.3 Å². The Balaban J connectivity index is 3.16. The standard InChI is InChI=1S/C9H10O4S/c1-7(9(10)11)14(12,13)8-5-3-2-4-6-8/h2-7H,1H3,(H,10,11)/p-1. The van der Waals surface area contributed by atoms with E-state index in [1.54, 1.807) is 6.07 Å². The Morgan fingerprint density at radius 2 is 1.79 bits per heavy atom. The number of aliphatic carboxylic acids is 1. The van der Waals surface area contributed by atoms with E-state index in [0.29, 0.717) is 0 Å². The fourth-order valence-corrected chi connectivity index (χ4v) is 2.14. The van der Waals surface area contributed by atoms with Gasteiger partial charge in [0.2, 0.25) is 0 Å². The third-order valence-corrected chi connectivity index (χ3v) is 3.92. The van der Waals surface area contributed by atoms with Gasteiger partial charge in [0.05, 0.1) is 10.9 Å². The molecule has 0 spiro atoms. The van der Waals surface area contributed by atoms with E-state index in [-0.39, 0.29) is 4.90 Å². The van der Waals surface area contributed by atoms with Gasteiger partial charge in [-0.15, -0.1) is 0 Å². The molecule has 0 heterocycles. The molecule has 0 aliphatic rings. The van der Waals surface area contributed by atoms with Crippen molar-refractivity contribution in [3.8, 4) is 0 Å². The molecule has 1 aromatic rings. The van der Waals surface area contributed by atoms with Crippen LogP contribution in [0.4, 0.5) is 0 Å². The van der Waals surface area contributed by atoms with Gasteiger partial charge in [-0.1, -0.05) is 18.2 Å². The van der Waals surface area contributed by atoms with Crippen molar-refractivity contribution in [2.45, 2.75) is 17.1 Å². The second-order valence-corrected chi connectivity index (χ2v) is 5.09. The highest BCUT2D eigenvalue weighted by molar-refractivity contribution is 7.92. The first-order valence-electron chi connectivity index (χ1n) is 3.96. The SMILES string of the molecule is CC(C(=O)[O-])S(=O)(=O)c1ccccc1. The molecule has 14 heavy (non-hydrogen) atoms. The van der Waals surface area contributed by atoms with Gasteiger partial charge in [-0.05, 0) is 19.1 Å². The monoisotopic (exact) mass is 213 g/mol. The van der Waals surface area contributed by atoms with E-state index in [0.717, 1.165) is 6.92 Å². The van der Waals surface area contributed by atoms with Crippen LogP contribution in [-0.4, -0.2) is 19.6 Å². The first kappa shape index (κ1) is 10.7. The van der Waals surface area contributed by atoms with E-state index < -0.39 is 21.1 Å². The summed E-state index contributed by atoms with van der Waals surface area (Å²) in [5, 5.41) is 8.91. The van der Waals surface area contributed by atoms with Crippen LogP contribution in [0.2, 0.25) is 0 Å². The summed E-state index contributed by atoms with van der Waals surface area (Å²) in [5.41, 5.74) is 0. The van der Waals surface area contributed by atoms with Crippen molar-refractivity contribution in [1.82, 2.24) is 0 Å². The second-order valence-electron chi connectivity index (χ2n) is 2.82. The Bertz CT molecular complexity index is 421. The Morgan fingerprint density at radius 3 is 2.21 bits per heavy atom. The molecule has 0 radical (unpaired) electrons. The van der Waals surface area contributed by atoms with Gasteiger partial charge >= 0.3 is 0 Å². The molecule has 4 nitrogen and oxygen atoms in total. The Hall–Kier alpha value is -1.36. The van der Waals surface area contributed by atoms with Crippen LogP contribution in [-0.2, 0) is 14.6 Å². The number of carboxylic acids is 1. The minimum atomic E-state index is -3.80. The number of carbonyl (C=O) groups is 1. The van der Waals surface area contributed by atoms with Crippen LogP contribution >= 0.6 is 0 Å². The van der Waals surface area contributed by atoms with Gasteiger partial charge in [0.15, 0.2) is 9.84 Å². The fraction of sp³-hybridized carbons (Fsp3) is 0.222. The lowest BCUT2D eigenvalue weighted by Crippen LogP contribution is -2.38. The lowest BCUT2D eigenvalue weighted by molar-refractivity contribution is -0.304. The van der Waals surface area contributed by atoms with Crippen molar-refractivity contribution in [2.75, 3.05) is 0 Å². The maximum Gasteiger partial charge on any atom is 0.186 e. The zero-order chi connectivity index (χ0) is 10.8. The van der Waals surface area contributed by atoms with E-state index in [9.17, 15) is 18.3 Å². The Labute approximate surface area is 82.1 Å². The molecule has 1 aromatic carbocycles. The molecule has 1 unspecified atom stereocenters. The molecule has 0 saturated carbocycles. The van der Waals surface area contributed by atoms with Gasteiger partial charge in [0.1, 0.15) is 5.25 Å². The van der Waals surface area contributed by atoms with Gasteiger partial charge in [0, 0.05) is 0 Å². The normalized spacial score (nSPS) is 13.5. The predicted molar refractivity (Wildman–Crippen MR) is 48.1 cm³/mol. The molecule has 0 saturated heterocycles. The van der Waals surface area contributed by atoms with Crippen molar-refractivity contribution in [2.24, 2.45) is 0 Å². The van der Waals surface area contributed by atoms with Crippen molar-refractivity contribution in [3.63, 3.8) is 0 Å². The molecular weight excluding hydrogens is 204 g/mol. The van der Waals surface area contributed by atoms with Crippen LogP contribution in [0, 0.1) is 0 Å². The summed E-state index contributed by atoms with van der Waals surface area (Å²) in [4.78, 5) is 10.4. The molecule has 0 fully saturated rings. The summed E-state index contributed by atoms with van der Waals surface area (Å²) in [6.45, 7) is 1.09. The summed E-state index contributed by atoms with van der Waals surface area (Å²) >= 11 is 0. The average molecular weight is 213 g/mol. The van der Waals surface area contributed by atoms with Crippen LogP contribution in [0.25, 0.3) is 0 Å². The van der Waals surface area contributed by atoms with Crippen LogP contribution in [0.1, 0.15) is 6.92 Å². The summed E-state index contributed by atoms with van der Waals surface area (Å²) in [6.07, 6.45) is 0. The maximum absolute atomic E-state index is 11.6. The predicted octanol–water partition coefficient (Wildman–Crippen LogP) is -0.401. The van der Waals surface area contributed by atoms with Crippen molar-refractivity contribution in [3.05, 3.63) is 30.3 Å². The van der Waals surface area contributed by atoms with E-state index in [2.05, 4.69) is 0 Å². The Kier molecular flexibility index (Phi) is 2.90. The molecule has 1 atom stereocenters. The van der Waals surface area contributed by atoms with E-state index in [4.69, 9.17) is 0 Å². The molecule has 0 bridgehead atoms. The van der Waals surface area contributed by atoms with Gasteiger partial charge in [-0.25, -0.2) is 8.42 Å². The van der Waals surface area contributed by atoms with Crippen LogP contribution in [0.5, 0.6) is 0 Å². The van der Waals surface area contributed by atoms with Crippen LogP contribution < -0.4 is 5.11 Å². The molecule has 0 N–H and O–H groups in total. The molecular formula is C9H9O4S-. The van der Waals surface area contributed by atoms with Crippen molar-refractivity contribution >= 4 is 15.8 Å². The fourth-order valence-electron chi connectivity index (χ4n) is 0.941. The zero-order valence-corrected chi connectivity index (χ0v) is 8.32. The van der Waals surface area contributed by atoms with Gasteiger partial charge in [0.25, 0.3) is 0 Å². The van der Waals surface area contributed by atoms with Gasteiger partial charge in [-0.2, -0.15) is 0 Å². The molecule has 5 heteroatoms. The van der Waals surface area contributed by atoms with E-state index in [1.807, 2.05) is 0 Å². The molecule has 0 aromatic heterocycles. The van der Waals surface area contributed by atoms with Gasteiger partial charge in [-0.3, -0.25) is 0 Å². The highest BCUT2D eigenvalue weighted by Crippen LogP contribution is 2.14. The summed E-state index contributed by atoms with van der Waals surface area (Å²) in [6, 6.07) is 7.44. The number of hydrogen-bond acceptors (Lipinski definition) is 4. The summed E-state index contributed by atoms with van der Waals surface area (Å²) in [5.74, 6) is -1.59. The lowest BCUT2D eigenvalue weighted by atomic mass is 10.4. The minimum Gasteiger partial charge on any atom is -0.549 e. The number of rotatable bonds is 3. The molecule has 0 aliphatic carbocycles. The molecule has 1 rings (SSSR count). The highest BCUT2D eigenvalue weighted by Gasteiger charge is 2.23. The van der Waals surface area contributed by atoms with Gasteiger partial charge < -0.3 is 9.90 Å². The molecule has 0 aliphatic heterocycles. The topological polar surface area (TPSA) is 74.3 Å². The lowest BCUT2D eigenvalue weighted by Gasteiger charge is -2.13. The minimum absolute atomic E-state index is 0.00306. The number of hydrogen-bond donors (Lipinski definition) is 0. The quantitative estimate of drug-likeness (QED) is 0.684. The number of carbonyl (C=O) groups excluding carboxylic acids is 1. The third-order valence-electron chi connectivity index (χ3n) is 1.87. The average Bonchev–Trinajstić information content (AvgIpc) is 2.18. The summed E-state index contributed by atoms with van der Waals surface area (Å²) in [7, 11) is -3.80. The summed E-state index contributed by atoms with van der Waals surface area (Å²) < 4.78 is 23.1. The van der Waals surface area contributed by atoms with E-state index in [1.165, 1.54) is 24.3 Å². The van der Waals surface area contributed by atoms with Crippen LogP contribution in [0.3, 0.4) is 0 Å². The maximum atomic E-state index is 11.6. The van der Waals surface area contributed by atoms with Crippen LogP contribution in [0.15, 0.2) is 35.2 Å².